The van der Waals surface area contributed by atoms with Gasteiger partial charge in [-0.1, -0.05) is 6.42 Å². The van der Waals surface area contributed by atoms with Crippen molar-refractivity contribution in [3.05, 3.63) is 0 Å². The first-order valence-electron chi connectivity index (χ1n) is 7.53. The van der Waals surface area contributed by atoms with Gasteiger partial charge in [-0.25, -0.2) is 0 Å². The van der Waals surface area contributed by atoms with Crippen LogP contribution in [-0.4, -0.2) is 60.0 Å². The maximum absolute atomic E-state index is 12.5. The molecule has 4 nitrogen and oxygen atoms in total. The first-order valence-corrected chi connectivity index (χ1v) is 7.53. The predicted molar refractivity (Wildman–Crippen MR) is 71.4 cm³/mol. The zero-order valence-electron chi connectivity index (χ0n) is 11.4. The molecule has 0 spiro atoms. The molecule has 4 heteroatoms. The van der Waals surface area contributed by atoms with Crippen LogP contribution in [-0.2, 0) is 4.79 Å². The zero-order valence-corrected chi connectivity index (χ0v) is 11.4. The third kappa shape index (κ3) is 2.28. The number of nitrogens with zero attached hydrogens (tertiary/aromatic N) is 2. The summed E-state index contributed by atoms with van der Waals surface area (Å²) in [7, 11) is 0. The van der Waals surface area contributed by atoms with Gasteiger partial charge in [0, 0.05) is 25.2 Å². The second-order valence-corrected chi connectivity index (χ2v) is 6.13. The highest BCUT2D eigenvalue weighted by molar-refractivity contribution is 5.82. The summed E-state index contributed by atoms with van der Waals surface area (Å²) in [6.07, 6.45) is 6.11. The molecule has 3 heterocycles. The second-order valence-electron chi connectivity index (χ2n) is 6.13. The lowest BCUT2D eigenvalue weighted by Crippen LogP contribution is -2.62. The van der Waals surface area contributed by atoms with E-state index in [-0.39, 0.29) is 6.04 Å². The van der Waals surface area contributed by atoms with E-state index in [9.17, 15) is 4.79 Å². The third-order valence-corrected chi connectivity index (χ3v) is 4.83. The number of hydrogen-bond donors (Lipinski definition) is 1. The summed E-state index contributed by atoms with van der Waals surface area (Å²) in [5.74, 6) is 0.352. The molecule has 0 aromatic rings. The SMILES string of the molecule is CC1CN2CCCCC2CN1C(=O)C1CCCN1. The number of rotatable bonds is 1. The molecular formula is C14H25N3O. The van der Waals surface area contributed by atoms with Gasteiger partial charge >= 0.3 is 0 Å². The Hall–Kier alpha value is -0.610. The van der Waals surface area contributed by atoms with Gasteiger partial charge in [-0.2, -0.15) is 0 Å². The molecule has 0 radical (unpaired) electrons. The molecule has 3 saturated heterocycles. The summed E-state index contributed by atoms with van der Waals surface area (Å²) in [4.78, 5) is 17.3. The number of nitrogens with one attached hydrogen (secondary N) is 1. The molecule has 18 heavy (non-hydrogen) atoms. The molecule has 0 saturated carbocycles. The zero-order chi connectivity index (χ0) is 12.5. The molecule has 3 rings (SSSR count). The summed E-state index contributed by atoms with van der Waals surface area (Å²) in [6.45, 7) is 6.48. The fourth-order valence-corrected chi connectivity index (χ4v) is 3.75. The van der Waals surface area contributed by atoms with Crippen molar-refractivity contribution < 1.29 is 4.79 Å². The van der Waals surface area contributed by atoms with Gasteiger partial charge in [0.15, 0.2) is 0 Å². The highest BCUT2D eigenvalue weighted by atomic mass is 16.2. The number of piperidine rings is 1. The summed E-state index contributed by atoms with van der Waals surface area (Å²) >= 11 is 0. The van der Waals surface area contributed by atoms with Crippen LogP contribution in [0.25, 0.3) is 0 Å². The molecule has 102 valence electrons. The maximum Gasteiger partial charge on any atom is 0.240 e. The molecule has 3 fully saturated rings. The van der Waals surface area contributed by atoms with E-state index in [1.165, 1.54) is 25.8 Å². The minimum absolute atomic E-state index is 0.0996. The van der Waals surface area contributed by atoms with E-state index in [0.29, 0.717) is 18.0 Å². The van der Waals surface area contributed by atoms with Gasteiger partial charge in [0.2, 0.25) is 5.91 Å². The molecule has 0 aliphatic carbocycles. The number of fused-ring (bicyclic) bond motifs is 1. The molecular weight excluding hydrogens is 226 g/mol. The average molecular weight is 251 g/mol. The largest absolute Gasteiger partial charge is 0.336 e. The van der Waals surface area contributed by atoms with Gasteiger partial charge in [-0.15, -0.1) is 0 Å². The lowest BCUT2D eigenvalue weighted by atomic mass is 9.96. The minimum Gasteiger partial charge on any atom is -0.336 e. The van der Waals surface area contributed by atoms with E-state index in [4.69, 9.17) is 0 Å². The van der Waals surface area contributed by atoms with Crippen LogP contribution in [0.2, 0.25) is 0 Å². The molecule has 1 amide bonds. The van der Waals surface area contributed by atoms with Gasteiger partial charge in [-0.3, -0.25) is 9.69 Å². The Balaban J connectivity index is 1.66. The topological polar surface area (TPSA) is 35.6 Å². The highest BCUT2D eigenvalue weighted by Gasteiger charge is 2.37. The standard InChI is InChI=1S/C14H25N3O/c1-11-9-16-8-3-2-5-12(16)10-17(11)14(18)13-6-4-7-15-13/h11-13,15H,2-10H2,1H3. The first kappa shape index (κ1) is 12.4. The predicted octanol–water partition coefficient (Wildman–Crippen LogP) is 0.824. The third-order valence-electron chi connectivity index (χ3n) is 4.83. The van der Waals surface area contributed by atoms with Crippen molar-refractivity contribution in [1.29, 1.82) is 0 Å². The van der Waals surface area contributed by atoms with Crippen LogP contribution in [0.15, 0.2) is 0 Å². The molecule has 0 bridgehead atoms. The average Bonchev–Trinajstić information content (AvgIpc) is 2.91. The lowest BCUT2D eigenvalue weighted by molar-refractivity contribution is -0.140. The Morgan fingerprint density at radius 1 is 1.17 bits per heavy atom. The Morgan fingerprint density at radius 3 is 2.83 bits per heavy atom. The van der Waals surface area contributed by atoms with Gasteiger partial charge in [0.1, 0.15) is 0 Å². The molecule has 3 aliphatic heterocycles. The van der Waals surface area contributed by atoms with E-state index < -0.39 is 0 Å². The molecule has 3 atom stereocenters. The van der Waals surface area contributed by atoms with Crippen molar-refractivity contribution >= 4 is 5.91 Å². The highest BCUT2D eigenvalue weighted by Crippen LogP contribution is 2.25. The van der Waals surface area contributed by atoms with Crippen LogP contribution in [0.3, 0.4) is 0 Å². The Kier molecular flexibility index (Phi) is 3.57. The second kappa shape index (κ2) is 5.17. The van der Waals surface area contributed by atoms with Gasteiger partial charge < -0.3 is 10.2 Å². The van der Waals surface area contributed by atoms with E-state index in [1.54, 1.807) is 0 Å². The van der Waals surface area contributed by atoms with Crippen LogP contribution in [0.1, 0.15) is 39.0 Å². The summed E-state index contributed by atoms with van der Waals surface area (Å²) in [5, 5.41) is 3.34. The maximum atomic E-state index is 12.5. The van der Waals surface area contributed by atoms with Gasteiger partial charge in [0.05, 0.1) is 6.04 Å². The number of carbonyl (C=O) groups excluding carboxylic acids is 1. The van der Waals surface area contributed by atoms with Crippen LogP contribution >= 0.6 is 0 Å². The first-order chi connectivity index (χ1) is 8.75. The van der Waals surface area contributed by atoms with E-state index >= 15 is 0 Å². The molecule has 3 aliphatic rings. The molecule has 3 unspecified atom stereocenters. The Labute approximate surface area is 110 Å². The number of carbonyl (C=O) groups is 1. The van der Waals surface area contributed by atoms with E-state index in [1.807, 2.05) is 0 Å². The number of piperazine rings is 1. The van der Waals surface area contributed by atoms with Crippen LogP contribution in [0.4, 0.5) is 0 Å². The van der Waals surface area contributed by atoms with E-state index in [0.717, 1.165) is 32.5 Å². The van der Waals surface area contributed by atoms with Crippen molar-refractivity contribution in [2.24, 2.45) is 0 Å². The number of amides is 1. The normalized spacial score (nSPS) is 37.6. The lowest BCUT2D eigenvalue weighted by Gasteiger charge is -2.48. The smallest absolute Gasteiger partial charge is 0.240 e. The van der Waals surface area contributed by atoms with Gasteiger partial charge in [0.25, 0.3) is 0 Å². The fourth-order valence-electron chi connectivity index (χ4n) is 3.75. The van der Waals surface area contributed by atoms with Crippen molar-refractivity contribution in [1.82, 2.24) is 15.1 Å². The fraction of sp³-hybridized carbons (Fsp3) is 0.929. The molecule has 0 aromatic heterocycles. The van der Waals surface area contributed by atoms with E-state index in [2.05, 4.69) is 22.0 Å². The molecule has 0 aromatic carbocycles. The minimum atomic E-state index is 0.0996. The Morgan fingerprint density at radius 2 is 2.06 bits per heavy atom. The number of hydrogen-bond acceptors (Lipinski definition) is 3. The van der Waals surface area contributed by atoms with Crippen molar-refractivity contribution in [3.8, 4) is 0 Å². The van der Waals surface area contributed by atoms with Crippen LogP contribution in [0.5, 0.6) is 0 Å². The Bertz CT molecular complexity index is 314. The quantitative estimate of drug-likeness (QED) is 0.749. The van der Waals surface area contributed by atoms with Crippen molar-refractivity contribution in [2.45, 2.75) is 57.2 Å². The summed E-state index contributed by atoms with van der Waals surface area (Å²) in [6, 6.07) is 1.11. The summed E-state index contributed by atoms with van der Waals surface area (Å²) < 4.78 is 0. The van der Waals surface area contributed by atoms with Crippen LogP contribution in [0, 0.1) is 0 Å². The monoisotopic (exact) mass is 251 g/mol. The van der Waals surface area contributed by atoms with Gasteiger partial charge in [-0.05, 0) is 45.7 Å². The van der Waals surface area contributed by atoms with Crippen LogP contribution < -0.4 is 5.32 Å². The molecule has 1 N–H and O–H groups in total. The van der Waals surface area contributed by atoms with Crippen molar-refractivity contribution in [2.75, 3.05) is 26.2 Å². The van der Waals surface area contributed by atoms with Crippen molar-refractivity contribution in [3.63, 3.8) is 0 Å². The summed E-state index contributed by atoms with van der Waals surface area (Å²) in [5.41, 5.74) is 0.